The van der Waals surface area contributed by atoms with Gasteiger partial charge in [0.05, 0.1) is 6.04 Å². The van der Waals surface area contributed by atoms with Gasteiger partial charge in [0.25, 0.3) is 0 Å². The molecular formula is C38H52ClNO2. The van der Waals surface area contributed by atoms with E-state index in [0.717, 1.165) is 33.4 Å². The Hall–Kier alpha value is -2.62. The van der Waals surface area contributed by atoms with Gasteiger partial charge < -0.3 is 10.2 Å². The maximum atomic E-state index is 13.2. The van der Waals surface area contributed by atoms with Crippen LogP contribution in [-0.2, 0) is 27.3 Å². The zero-order valence-corrected chi connectivity index (χ0v) is 28.8. The van der Waals surface area contributed by atoms with Gasteiger partial charge in [-0.1, -0.05) is 131 Å². The van der Waals surface area contributed by atoms with Crippen LogP contribution in [0.2, 0.25) is 5.02 Å². The molecule has 0 aliphatic carbocycles. The first kappa shape index (κ1) is 33.9. The Kier molecular flexibility index (Phi) is 9.25. The second-order valence-electron chi connectivity index (χ2n) is 16.0. The summed E-state index contributed by atoms with van der Waals surface area (Å²) in [5.41, 5.74) is 4.81. The average molecular weight is 590 g/mol. The lowest BCUT2D eigenvalue weighted by atomic mass is 9.71. The lowest BCUT2D eigenvalue weighted by Crippen LogP contribution is -2.39. The zero-order chi connectivity index (χ0) is 32.1. The molecule has 0 fully saturated rings. The number of hydrogen-bond acceptors (Lipinski definition) is 3. The average Bonchev–Trinajstić information content (AvgIpc) is 2.85. The molecule has 42 heavy (non-hydrogen) atoms. The molecule has 0 radical (unpaired) electrons. The van der Waals surface area contributed by atoms with E-state index in [2.05, 4.69) is 119 Å². The minimum Gasteiger partial charge on any atom is -0.507 e. The molecule has 0 aliphatic rings. The number of aromatic hydroxyl groups is 1. The summed E-state index contributed by atoms with van der Waals surface area (Å²) >= 11 is 6.23. The summed E-state index contributed by atoms with van der Waals surface area (Å²) in [6.45, 7) is 28.4. The molecule has 1 atom stereocenters. The molecule has 3 aromatic carbocycles. The SMILES string of the molecule is C[C@H](N=Cc1cc(Cl)ccc1O)C(O)(c1cc(C(C)(C)C)cc(C(C)(C)C)c1)c1cc(C(C)(C)C)cc(C(C)(C)C)c1. The smallest absolute Gasteiger partial charge is 0.137 e. The number of phenolic OH excluding ortho intramolecular Hbond substituents is 1. The van der Waals surface area contributed by atoms with E-state index in [1.165, 1.54) is 0 Å². The third-order valence-electron chi connectivity index (χ3n) is 8.24. The predicted octanol–water partition coefficient (Wildman–Crippen LogP) is 9.98. The Balaban J connectivity index is 2.44. The van der Waals surface area contributed by atoms with Crippen LogP contribution in [0.4, 0.5) is 0 Å². The van der Waals surface area contributed by atoms with Gasteiger partial charge >= 0.3 is 0 Å². The molecule has 0 aromatic heterocycles. The number of hydrogen-bond donors (Lipinski definition) is 2. The maximum absolute atomic E-state index is 13.2. The van der Waals surface area contributed by atoms with Crippen LogP contribution in [0.3, 0.4) is 0 Å². The van der Waals surface area contributed by atoms with Crippen molar-refractivity contribution in [3.8, 4) is 5.75 Å². The molecule has 0 bridgehead atoms. The van der Waals surface area contributed by atoms with E-state index in [1.807, 2.05) is 6.92 Å². The van der Waals surface area contributed by atoms with E-state index in [-0.39, 0.29) is 27.4 Å². The highest BCUT2D eigenvalue weighted by atomic mass is 35.5. The van der Waals surface area contributed by atoms with E-state index in [4.69, 9.17) is 16.6 Å². The van der Waals surface area contributed by atoms with Gasteiger partial charge in [0.1, 0.15) is 11.4 Å². The van der Waals surface area contributed by atoms with E-state index < -0.39 is 11.6 Å². The first-order valence-corrected chi connectivity index (χ1v) is 15.4. The van der Waals surface area contributed by atoms with Crippen LogP contribution in [0.25, 0.3) is 0 Å². The van der Waals surface area contributed by atoms with Crippen molar-refractivity contribution in [1.29, 1.82) is 0 Å². The summed E-state index contributed by atoms with van der Waals surface area (Å²) in [7, 11) is 0. The molecule has 0 spiro atoms. The summed E-state index contributed by atoms with van der Waals surface area (Å²) in [6.07, 6.45) is 1.62. The normalized spacial score (nSPS) is 14.5. The van der Waals surface area contributed by atoms with Gasteiger partial charge in [-0.25, -0.2) is 0 Å². The number of nitrogens with zero attached hydrogens (tertiary/aromatic N) is 1. The van der Waals surface area contributed by atoms with Crippen LogP contribution >= 0.6 is 11.6 Å². The molecule has 2 N–H and O–H groups in total. The van der Waals surface area contributed by atoms with E-state index in [9.17, 15) is 10.2 Å². The highest BCUT2D eigenvalue weighted by Gasteiger charge is 2.41. The lowest BCUT2D eigenvalue weighted by molar-refractivity contribution is 0.0583. The number of rotatable bonds is 5. The van der Waals surface area contributed by atoms with Crippen molar-refractivity contribution in [2.24, 2.45) is 4.99 Å². The Labute approximate surface area is 260 Å². The molecule has 4 heteroatoms. The van der Waals surface area contributed by atoms with Crippen molar-refractivity contribution in [2.75, 3.05) is 0 Å². The third-order valence-corrected chi connectivity index (χ3v) is 8.48. The van der Waals surface area contributed by atoms with Gasteiger partial charge in [0.15, 0.2) is 0 Å². The van der Waals surface area contributed by atoms with Gasteiger partial charge in [-0.3, -0.25) is 4.99 Å². The number of phenols is 1. The molecule has 0 unspecified atom stereocenters. The number of aliphatic imine (C=N–C) groups is 1. The fourth-order valence-electron chi connectivity index (χ4n) is 5.01. The first-order valence-electron chi connectivity index (χ1n) is 15.0. The largest absolute Gasteiger partial charge is 0.507 e. The molecule has 3 rings (SSSR count). The Morgan fingerprint density at radius 1 is 0.595 bits per heavy atom. The van der Waals surface area contributed by atoms with Gasteiger partial charge in [-0.15, -0.1) is 0 Å². The van der Waals surface area contributed by atoms with Crippen molar-refractivity contribution >= 4 is 17.8 Å². The maximum Gasteiger partial charge on any atom is 0.137 e. The van der Waals surface area contributed by atoms with Crippen LogP contribution in [0.1, 0.15) is 129 Å². The number of halogens is 1. The zero-order valence-electron chi connectivity index (χ0n) is 28.1. The molecule has 0 heterocycles. The second-order valence-corrected chi connectivity index (χ2v) is 16.5. The fourth-order valence-corrected chi connectivity index (χ4v) is 5.19. The molecule has 228 valence electrons. The number of aliphatic hydroxyl groups is 1. The molecule has 0 saturated carbocycles. The van der Waals surface area contributed by atoms with Crippen LogP contribution in [0, 0.1) is 0 Å². The monoisotopic (exact) mass is 589 g/mol. The van der Waals surface area contributed by atoms with Crippen LogP contribution in [0.15, 0.2) is 59.6 Å². The molecule has 3 nitrogen and oxygen atoms in total. The second kappa shape index (κ2) is 11.5. The molecule has 3 aromatic rings. The highest BCUT2D eigenvalue weighted by Crippen LogP contribution is 2.42. The third kappa shape index (κ3) is 7.47. The van der Waals surface area contributed by atoms with Gasteiger partial charge in [-0.2, -0.15) is 0 Å². The predicted molar refractivity (Wildman–Crippen MR) is 181 cm³/mol. The van der Waals surface area contributed by atoms with Crippen LogP contribution in [0.5, 0.6) is 5.75 Å². The van der Waals surface area contributed by atoms with Crippen LogP contribution in [-0.4, -0.2) is 22.5 Å². The van der Waals surface area contributed by atoms with Crippen LogP contribution < -0.4 is 0 Å². The van der Waals surface area contributed by atoms with Crippen molar-refractivity contribution in [2.45, 2.75) is 123 Å². The van der Waals surface area contributed by atoms with Crippen molar-refractivity contribution < 1.29 is 10.2 Å². The summed E-state index contributed by atoms with van der Waals surface area (Å²) in [4.78, 5) is 4.89. The van der Waals surface area contributed by atoms with Crippen molar-refractivity contribution in [3.05, 3.63) is 98.6 Å². The van der Waals surface area contributed by atoms with Crippen molar-refractivity contribution in [3.63, 3.8) is 0 Å². The molecule has 0 amide bonds. The molecular weight excluding hydrogens is 538 g/mol. The Bertz CT molecular complexity index is 1320. The lowest BCUT2D eigenvalue weighted by Gasteiger charge is -2.38. The summed E-state index contributed by atoms with van der Waals surface area (Å²) < 4.78 is 0. The highest BCUT2D eigenvalue weighted by molar-refractivity contribution is 6.30. The van der Waals surface area contributed by atoms with Gasteiger partial charge in [0, 0.05) is 16.8 Å². The summed E-state index contributed by atoms with van der Waals surface area (Å²) in [5, 5.41) is 24.2. The minimum absolute atomic E-state index is 0.0911. The van der Waals surface area contributed by atoms with E-state index in [0.29, 0.717) is 10.6 Å². The van der Waals surface area contributed by atoms with Gasteiger partial charge in [0.2, 0.25) is 0 Å². The molecule has 0 saturated heterocycles. The Morgan fingerprint density at radius 3 is 1.26 bits per heavy atom. The minimum atomic E-state index is -1.47. The summed E-state index contributed by atoms with van der Waals surface area (Å²) in [5.74, 6) is 0.0911. The van der Waals surface area contributed by atoms with Gasteiger partial charge in [-0.05, 0) is 80.2 Å². The summed E-state index contributed by atoms with van der Waals surface area (Å²) in [6, 6.07) is 17.4. The fraction of sp³-hybridized carbons (Fsp3) is 0.500. The quantitative estimate of drug-likeness (QED) is 0.291. The first-order chi connectivity index (χ1) is 18.9. The topological polar surface area (TPSA) is 52.8 Å². The molecule has 0 aliphatic heterocycles. The van der Waals surface area contributed by atoms with Crippen molar-refractivity contribution in [1.82, 2.24) is 0 Å². The Morgan fingerprint density at radius 2 is 0.929 bits per heavy atom. The van der Waals surface area contributed by atoms with E-state index in [1.54, 1.807) is 24.4 Å². The van der Waals surface area contributed by atoms with E-state index >= 15 is 0 Å². The standard InChI is InChI=1S/C38H52ClNO2/c1-24(40-23-25-16-32(39)14-15-33(25)41)38(42,30-19-26(34(2,3)4)17-27(20-30)35(5,6)7)31-21-28(36(8,9)10)18-29(22-31)37(11,12)13/h14-24,41-42H,1-13H3/t24-/m0/s1. The number of benzene rings is 3.